The second-order valence-corrected chi connectivity index (χ2v) is 17.0. The maximum atomic E-state index is 10.4. The fraction of sp³-hybridized carbons (Fsp3) is 0.667. The van der Waals surface area contributed by atoms with E-state index in [0.717, 1.165) is 38.5 Å². The zero-order valence-electron chi connectivity index (χ0n) is 37.9. The van der Waals surface area contributed by atoms with Gasteiger partial charge in [0.05, 0.1) is 0 Å². The Morgan fingerprint density at radius 3 is 0.898 bits per heavy atom. The normalized spacial score (nSPS) is 11.8. The predicted molar refractivity (Wildman–Crippen MR) is 248 cm³/mol. The minimum atomic E-state index is -0.916. The largest absolute Gasteiger partial charge is 2.00 e. The average Bonchev–Trinajstić information content (AvgIpc) is 3.23. The molecular formula is C54H86CoO4. The van der Waals surface area contributed by atoms with Crippen molar-refractivity contribution in [3.05, 3.63) is 83.9 Å². The summed E-state index contributed by atoms with van der Waals surface area (Å²) in [5.74, 6) is -0.494. The van der Waals surface area contributed by atoms with Gasteiger partial charge >= 0.3 is 16.8 Å². The zero-order chi connectivity index (χ0) is 42.3. The van der Waals surface area contributed by atoms with Crippen LogP contribution in [0.15, 0.2) is 61.7 Å². The van der Waals surface area contributed by atoms with Crippen LogP contribution in [0.3, 0.4) is 0 Å². The van der Waals surface area contributed by atoms with Crippen molar-refractivity contribution in [2.75, 3.05) is 0 Å². The zero-order valence-corrected chi connectivity index (χ0v) is 39.0. The molecule has 0 spiro atoms. The Morgan fingerprint density at radius 2 is 0.661 bits per heavy atom. The van der Waals surface area contributed by atoms with Crippen LogP contribution in [0.25, 0.3) is 12.2 Å². The second kappa shape index (κ2) is 40.8. The second-order valence-electron chi connectivity index (χ2n) is 17.0. The molecule has 0 bridgehead atoms. The molecule has 0 aliphatic carbocycles. The van der Waals surface area contributed by atoms with E-state index in [4.69, 9.17) is 0 Å². The molecule has 0 aliphatic heterocycles. The number of carboxylic acids is 2. The molecule has 4 nitrogen and oxygen atoms in total. The quantitative estimate of drug-likeness (QED) is 0.0630. The van der Waals surface area contributed by atoms with E-state index in [9.17, 15) is 19.8 Å². The van der Waals surface area contributed by atoms with E-state index in [1.165, 1.54) is 176 Å². The summed E-state index contributed by atoms with van der Waals surface area (Å²) in [5.41, 5.74) is 5.35. The minimum absolute atomic E-state index is 0. The van der Waals surface area contributed by atoms with Crippen molar-refractivity contribution >= 4 is 24.1 Å². The average molecular weight is 858 g/mol. The van der Waals surface area contributed by atoms with Gasteiger partial charge in [-0.15, -0.1) is 0 Å². The van der Waals surface area contributed by atoms with Gasteiger partial charge in [0, 0.05) is 11.9 Å². The van der Waals surface area contributed by atoms with E-state index < -0.39 is 11.9 Å². The van der Waals surface area contributed by atoms with Crippen LogP contribution in [0.5, 0.6) is 0 Å². The molecule has 0 amide bonds. The molecule has 59 heavy (non-hydrogen) atoms. The van der Waals surface area contributed by atoms with Crippen molar-refractivity contribution in [3.8, 4) is 0 Å². The number of hydrogen-bond acceptors (Lipinski definition) is 4. The van der Waals surface area contributed by atoms with Gasteiger partial charge in [-0.2, -0.15) is 0 Å². The standard InChI is InChI=1S/2C27H44O2.Co/c2*1-3-5-6-7-8-11-14-17-25(26-22-20-24(4-2)21-23-26)18-15-12-9-10-13-16-19-27(28)29;/h2*4,20-23,25H,2-3,5-19H2,1H3,(H,28,29);/q;;+2/p-2. The summed E-state index contributed by atoms with van der Waals surface area (Å²) in [4.78, 5) is 20.9. The van der Waals surface area contributed by atoms with Gasteiger partial charge in [-0.1, -0.05) is 242 Å². The van der Waals surface area contributed by atoms with Gasteiger partial charge in [0.1, 0.15) is 0 Å². The Bertz CT molecular complexity index is 1170. The Hall–Kier alpha value is -2.63. The van der Waals surface area contributed by atoms with Crippen molar-refractivity contribution in [2.45, 2.75) is 231 Å². The van der Waals surface area contributed by atoms with Gasteiger partial charge in [-0.25, -0.2) is 0 Å². The molecule has 2 unspecified atom stereocenters. The number of carbonyl (C=O) groups excluding carboxylic acids is 2. The van der Waals surface area contributed by atoms with Crippen LogP contribution in [0.2, 0.25) is 0 Å². The van der Waals surface area contributed by atoms with E-state index in [2.05, 4.69) is 75.5 Å². The maximum absolute atomic E-state index is 10.4. The number of carboxylic acid groups (broad SMARTS) is 2. The fourth-order valence-corrected chi connectivity index (χ4v) is 8.19. The molecular weight excluding hydrogens is 772 g/mol. The molecule has 0 fully saturated rings. The van der Waals surface area contributed by atoms with Gasteiger partial charge in [0.2, 0.25) is 0 Å². The molecule has 0 saturated heterocycles. The third-order valence-corrected chi connectivity index (χ3v) is 12.0. The fourth-order valence-electron chi connectivity index (χ4n) is 8.19. The molecule has 0 saturated carbocycles. The third kappa shape index (κ3) is 32.8. The number of hydrogen-bond donors (Lipinski definition) is 0. The summed E-state index contributed by atoms with van der Waals surface area (Å²) in [7, 11) is 0. The number of carbonyl (C=O) groups is 2. The van der Waals surface area contributed by atoms with Crippen LogP contribution in [0, 0.1) is 0 Å². The monoisotopic (exact) mass is 858 g/mol. The van der Waals surface area contributed by atoms with Gasteiger partial charge in [0.15, 0.2) is 0 Å². The molecule has 0 N–H and O–H groups in total. The molecule has 0 aliphatic rings. The number of rotatable bonds is 38. The van der Waals surface area contributed by atoms with E-state index in [1.54, 1.807) is 0 Å². The van der Waals surface area contributed by atoms with E-state index in [-0.39, 0.29) is 29.6 Å². The Balaban J connectivity index is 0.00000112. The molecule has 2 aromatic rings. The summed E-state index contributed by atoms with van der Waals surface area (Å²) in [6.07, 6.45) is 41.8. The molecule has 0 aromatic heterocycles. The first-order valence-corrected chi connectivity index (χ1v) is 24.2. The van der Waals surface area contributed by atoms with Crippen LogP contribution >= 0.6 is 0 Å². The number of aliphatic carboxylic acids is 2. The van der Waals surface area contributed by atoms with Crippen LogP contribution in [-0.2, 0) is 26.4 Å². The first kappa shape index (κ1) is 56.4. The van der Waals surface area contributed by atoms with Crippen molar-refractivity contribution < 1.29 is 36.6 Å². The van der Waals surface area contributed by atoms with Crippen LogP contribution < -0.4 is 10.2 Å². The van der Waals surface area contributed by atoms with Gasteiger partial charge in [-0.05, 0) is 85.5 Å². The number of benzene rings is 2. The predicted octanol–water partition coefficient (Wildman–Crippen LogP) is 14.8. The molecule has 5 heteroatoms. The summed E-state index contributed by atoms with van der Waals surface area (Å²) >= 11 is 0. The topological polar surface area (TPSA) is 80.3 Å². The smallest absolute Gasteiger partial charge is 0.550 e. The minimum Gasteiger partial charge on any atom is -0.550 e. The first-order chi connectivity index (χ1) is 28.3. The van der Waals surface area contributed by atoms with Gasteiger partial charge in [0.25, 0.3) is 0 Å². The Labute approximate surface area is 374 Å². The van der Waals surface area contributed by atoms with Crippen LogP contribution in [0.1, 0.15) is 253 Å². The third-order valence-electron chi connectivity index (χ3n) is 12.0. The van der Waals surface area contributed by atoms with Gasteiger partial charge < -0.3 is 19.8 Å². The van der Waals surface area contributed by atoms with Crippen LogP contribution in [0.4, 0.5) is 0 Å². The van der Waals surface area contributed by atoms with E-state index >= 15 is 0 Å². The molecule has 0 heterocycles. The summed E-state index contributed by atoms with van der Waals surface area (Å²) in [6, 6.07) is 17.9. The Kier molecular flexibility index (Phi) is 38.9. The van der Waals surface area contributed by atoms with Crippen LogP contribution in [-0.4, -0.2) is 11.9 Å². The molecule has 2 atom stereocenters. The SMILES string of the molecule is C=Cc1ccc(C(CCCCCCCCC)CCCCCCCCC(=O)[O-])cc1.C=Cc1ccc(C(CCCCCCCCC)CCCCCCCCC(=O)[O-])cc1.[Co+2]. The maximum Gasteiger partial charge on any atom is 2.00 e. The summed E-state index contributed by atoms with van der Waals surface area (Å²) < 4.78 is 0. The van der Waals surface area contributed by atoms with E-state index in [0.29, 0.717) is 11.8 Å². The van der Waals surface area contributed by atoms with Crippen molar-refractivity contribution in [1.29, 1.82) is 0 Å². The molecule has 2 aromatic carbocycles. The van der Waals surface area contributed by atoms with E-state index in [1.807, 2.05) is 12.2 Å². The molecule has 1 radical (unpaired) electrons. The van der Waals surface area contributed by atoms with Gasteiger partial charge in [-0.3, -0.25) is 0 Å². The van der Waals surface area contributed by atoms with Crippen molar-refractivity contribution in [3.63, 3.8) is 0 Å². The van der Waals surface area contributed by atoms with Crippen molar-refractivity contribution in [1.82, 2.24) is 0 Å². The molecule has 335 valence electrons. The summed E-state index contributed by atoms with van der Waals surface area (Å²) in [6.45, 7) is 12.3. The first-order valence-electron chi connectivity index (χ1n) is 24.2. The number of unbranched alkanes of at least 4 members (excludes halogenated alkanes) is 22. The summed E-state index contributed by atoms with van der Waals surface area (Å²) in [5, 5.41) is 20.9. The van der Waals surface area contributed by atoms with Crippen molar-refractivity contribution in [2.24, 2.45) is 0 Å². The molecule has 2 rings (SSSR count). The Morgan fingerprint density at radius 1 is 0.424 bits per heavy atom.